The van der Waals surface area contributed by atoms with Gasteiger partial charge in [0.05, 0.1) is 30.7 Å². The molecule has 3 heterocycles. The number of amidine groups is 1. The van der Waals surface area contributed by atoms with Crippen LogP contribution in [0.5, 0.6) is 0 Å². The van der Waals surface area contributed by atoms with Gasteiger partial charge >= 0.3 is 0 Å². The number of likely N-dealkylation sites (tertiary alicyclic amines) is 1. The molecule has 2 aliphatic rings. The topological polar surface area (TPSA) is 82.5 Å². The van der Waals surface area contributed by atoms with E-state index in [-0.39, 0.29) is 5.91 Å². The quantitative estimate of drug-likeness (QED) is 0.687. The first-order valence-electron chi connectivity index (χ1n) is 10.5. The summed E-state index contributed by atoms with van der Waals surface area (Å²) in [4.78, 5) is 28.2. The molecule has 0 aliphatic carbocycles. The maximum absolute atomic E-state index is 13.1. The van der Waals surface area contributed by atoms with Gasteiger partial charge in [0.25, 0.3) is 5.91 Å². The lowest BCUT2D eigenvalue weighted by molar-refractivity contribution is 0.0688. The molecule has 0 bridgehead atoms. The molecule has 1 amide bonds. The largest absolute Gasteiger partial charge is 0.370 e. The maximum atomic E-state index is 13.1. The van der Waals surface area contributed by atoms with Crippen LogP contribution in [-0.2, 0) is 6.54 Å². The molecule has 1 atom stereocenters. The summed E-state index contributed by atoms with van der Waals surface area (Å²) in [5.74, 6) is 0.766. The van der Waals surface area contributed by atoms with Gasteiger partial charge in [-0.15, -0.1) is 0 Å². The van der Waals surface area contributed by atoms with Gasteiger partial charge in [0.15, 0.2) is 0 Å². The van der Waals surface area contributed by atoms with Gasteiger partial charge in [-0.2, -0.15) is 0 Å². The number of fused-ring (bicyclic) bond motifs is 1. The lowest BCUT2D eigenvalue weighted by Crippen LogP contribution is -2.62. The standard InChI is InChI=1S/C24H24N6O/c31-22(21-16-25-12-13-26-21)30-14-6-11-24(17-30)23(27-15-18-7-2-1-3-8-18)28-19-9-4-5-10-20(19)29-24/h1-5,7-10,12-13,16,29H,6,11,14-15,17H2,(H,27,28). The van der Waals surface area contributed by atoms with E-state index < -0.39 is 5.54 Å². The van der Waals surface area contributed by atoms with Crippen molar-refractivity contribution >= 4 is 23.1 Å². The van der Waals surface area contributed by atoms with Crippen molar-refractivity contribution in [2.45, 2.75) is 24.9 Å². The smallest absolute Gasteiger partial charge is 0.274 e. The zero-order valence-corrected chi connectivity index (χ0v) is 17.2. The van der Waals surface area contributed by atoms with E-state index in [1.165, 1.54) is 6.20 Å². The Labute approximate surface area is 181 Å². The number of carbonyl (C=O) groups excluding carboxylic acids is 1. The summed E-state index contributed by atoms with van der Waals surface area (Å²) < 4.78 is 0. The zero-order valence-electron chi connectivity index (χ0n) is 17.2. The van der Waals surface area contributed by atoms with Gasteiger partial charge in [0.2, 0.25) is 0 Å². The summed E-state index contributed by atoms with van der Waals surface area (Å²) >= 11 is 0. The van der Waals surface area contributed by atoms with Crippen molar-refractivity contribution in [2.75, 3.05) is 23.7 Å². The van der Waals surface area contributed by atoms with Crippen molar-refractivity contribution in [3.63, 3.8) is 0 Å². The molecule has 2 aromatic carbocycles. The van der Waals surface area contributed by atoms with E-state index in [1.54, 1.807) is 12.4 Å². The first-order chi connectivity index (χ1) is 15.2. The van der Waals surface area contributed by atoms with Crippen LogP contribution in [-0.4, -0.2) is 45.2 Å². The van der Waals surface area contributed by atoms with E-state index in [1.807, 2.05) is 41.3 Å². The van der Waals surface area contributed by atoms with Crippen LogP contribution >= 0.6 is 0 Å². The highest BCUT2D eigenvalue weighted by molar-refractivity contribution is 6.10. The monoisotopic (exact) mass is 412 g/mol. The van der Waals surface area contributed by atoms with Crippen LogP contribution in [0.4, 0.5) is 11.4 Å². The lowest BCUT2D eigenvalue weighted by Gasteiger charge is -2.47. The van der Waals surface area contributed by atoms with Gasteiger partial charge in [-0.3, -0.25) is 14.8 Å². The number of nitrogens with zero attached hydrogens (tertiary/aromatic N) is 4. The summed E-state index contributed by atoms with van der Waals surface area (Å²) in [6, 6.07) is 18.3. The van der Waals surface area contributed by atoms with Crippen LogP contribution in [0.2, 0.25) is 0 Å². The molecule has 1 saturated heterocycles. The van der Waals surface area contributed by atoms with E-state index in [0.29, 0.717) is 25.3 Å². The number of piperidine rings is 1. The third kappa shape index (κ3) is 3.86. The number of rotatable bonds is 3. The summed E-state index contributed by atoms with van der Waals surface area (Å²) in [6.45, 7) is 1.77. The normalized spacial score (nSPS) is 21.3. The second kappa shape index (κ2) is 8.18. The van der Waals surface area contributed by atoms with Crippen LogP contribution in [0, 0.1) is 0 Å². The van der Waals surface area contributed by atoms with Crippen LogP contribution in [0.25, 0.3) is 0 Å². The molecular formula is C24H24N6O. The Kier molecular flexibility index (Phi) is 5.08. The molecule has 0 radical (unpaired) electrons. The molecule has 1 aromatic heterocycles. The number of hydrogen-bond donors (Lipinski definition) is 2. The van der Waals surface area contributed by atoms with E-state index >= 15 is 0 Å². The van der Waals surface area contributed by atoms with Gasteiger partial charge < -0.3 is 15.5 Å². The van der Waals surface area contributed by atoms with Crippen LogP contribution in [0.1, 0.15) is 28.9 Å². The zero-order chi connectivity index (χ0) is 21.1. The fourth-order valence-corrected chi connectivity index (χ4v) is 4.31. The van der Waals surface area contributed by atoms with Crippen molar-refractivity contribution in [1.82, 2.24) is 14.9 Å². The Hall–Kier alpha value is -3.74. The predicted octanol–water partition coefficient (Wildman–Crippen LogP) is 3.59. The highest BCUT2D eigenvalue weighted by Crippen LogP contribution is 2.36. The fraction of sp³-hybridized carbons (Fsp3) is 0.250. The van der Waals surface area contributed by atoms with E-state index in [0.717, 1.165) is 35.6 Å². The Morgan fingerprint density at radius 3 is 2.68 bits per heavy atom. The lowest BCUT2D eigenvalue weighted by atomic mass is 9.85. The third-order valence-corrected chi connectivity index (χ3v) is 5.83. The highest BCUT2D eigenvalue weighted by Gasteiger charge is 2.44. The van der Waals surface area contributed by atoms with Crippen LogP contribution < -0.4 is 10.6 Å². The summed E-state index contributed by atoms with van der Waals surface area (Å²) in [7, 11) is 0. The Morgan fingerprint density at radius 1 is 1.06 bits per heavy atom. The Morgan fingerprint density at radius 2 is 1.87 bits per heavy atom. The number of anilines is 2. The van der Waals surface area contributed by atoms with Gasteiger partial charge in [-0.25, -0.2) is 4.98 Å². The number of benzene rings is 2. The molecule has 5 rings (SSSR count). The number of aromatic nitrogens is 2. The molecule has 3 aromatic rings. The van der Waals surface area contributed by atoms with Crippen LogP contribution in [0.3, 0.4) is 0 Å². The highest BCUT2D eigenvalue weighted by atomic mass is 16.2. The Balaban J connectivity index is 1.48. The second-order valence-corrected chi connectivity index (χ2v) is 7.95. The molecular weight excluding hydrogens is 388 g/mol. The van der Waals surface area contributed by atoms with Crippen molar-refractivity contribution in [3.8, 4) is 0 Å². The number of carbonyl (C=O) groups is 1. The number of hydrogen-bond acceptors (Lipinski definition) is 5. The van der Waals surface area contributed by atoms with E-state index in [9.17, 15) is 4.79 Å². The number of amides is 1. The van der Waals surface area contributed by atoms with Gasteiger partial charge in [-0.1, -0.05) is 42.5 Å². The molecule has 0 saturated carbocycles. The molecule has 1 unspecified atom stereocenters. The minimum atomic E-state index is -0.473. The predicted molar refractivity (Wildman–Crippen MR) is 121 cm³/mol. The molecule has 7 nitrogen and oxygen atoms in total. The fourth-order valence-electron chi connectivity index (χ4n) is 4.31. The number of aliphatic imine (C=N–C) groups is 1. The van der Waals surface area contributed by atoms with Crippen LogP contribution in [0.15, 0.2) is 78.2 Å². The molecule has 31 heavy (non-hydrogen) atoms. The van der Waals surface area contributed by atoms with Crippen molar-refractivity contribution in [2.24, 2.45) is 4.99 Å². The molecule has 156 valence electrons. The molecule has 7 heteroatoms. The first-order valence-corrected chi connectivity index (χ1v) is 10.5. The maximum Gasteiger partial charge on any atom is 0.274 e. The van der Waals surface area contributed by atoms with E-state index in [2.05, 4.69) is 38.8 Å². The summed E-state index contributed by atoms with van der Waals surface area (Å²) in [5.41, 5.74) is 3.06. The average Bonchev–Trinajstić information content (AvgIpc) is 2.83. The number of para-hydroxylation sites is 2. The minimum absolute atomic E-state index is 0.102. The van der Waals surface area contributed by atoms with Crippen molar-refractivity contribution in [3.05, 3.63) is 84.4 Å². The van der Waals surface area contributed by atoms with Gasteiger partial charge in [0.1, 0.15) is 17.1 Å². The summed E-state index contributed by atoms with van der Waals surface area (Å²) in [6.07, 6.45) is 6.40. The van der Waals surface area contributed by atoms with Crippen molar-refractivity contribution in [1.29, 1.82) is 0 Å². The molecule has 2 N–H and O–H groups in total. The van der Waals surface area contributed by atoms with E-state index in [4.69, 9.17) is 4.99 Å². The molecule has 1 spiro atoms. The SMILES string of the molecule is O=C(c1cnccn1)N1CCCC2(C1)Nc1ccccc1NC2=NCc1ccccc1. The van der Waals surface area contributed by atoms with Gasteiger partial charge in [0, 0.05) is 18.9 Å². The van der Waals surface area contributed by atoms with Gasteiger partial charge in [-0.05, 0) is 30.5 Å². The molecule has 2 aliphatic heterocycles. The summed E-state index contributed by atoms with van der Waals surface area (Å²) in [5, 5.41) is 7.26. The van der Waals surface area contributed by atoms with Crippen molar-refractivity contribution < 1.29 is 4.79 Å². The minimum Gasteiger partial charge on any atom is -0.370 e. The Bertz CT molecular complexity index is 1100. The second-order valence-electron chi connectivity index (χ2n) is 7.95. The molecule has 1 fully saturated rings. The third-order valence-electron chi connectivity index (χ3n) is 5.83. The first kappa shape index (κ1) is 19.2. The average molecular weight is 412 g/mol. The number of nitrogens with one attached hydrogen (secondary N) is 2.